The Bertz CT molecular complexity index is 803. The lowest BCUT2D eigenvalue weighted by atomic mass is 9.93. The number of rotatable bonds is 4. The van der Waals surface area contributed by atoms with Gasteiger partial charge in [-0.1, -0.05) is 18.2 Å². The van der Waals surface area contributed by atoms with E-state index in [1.165, 1.54) is 11.0 Å². The molecule has 1 aliphatic rings. The summed E-state index contributed by atoms with van der Waals surface area (Å²) in [4.78, 5) is 28.8. The van der Waals surface area contributed by atoms with Gasteiger partial charge in [-0.05, 0) is 44.0 Å². The van der Waals surface area contributed by atoms with Gasteiger partial charge in [0.2, 0.25) is 0 Å². The van der Waals surface area contributed by atoms with Crippen LogP contribution in [0.3, 0.4) is 0 Å². The number of carbonyl (C=O) groups is 1. The molecule has 2 aromatic rings. The van der Waals surface area contributed by atoms with Gasteiger partial charge in [0, 0.05) is 12.2 Å². The predicted octanol–water partition coefficient (Wildman–Crippen LogP) is 1.73. The molecule has 25 heavy (non-hydrogen) atoms. The number of aromatic nitrogens is 1. The van der Waals surface area contributed by atoms with Gasteiger partial charge in [-0.2, -0.15) is 0 Å². The van der Waals surface area contributed by atoms with Gasteiger partial charge in [0.25, 0.3) is 11.5 Å². The van der Waals surface area contributed by atoms with E-state index in [1.54, 1.807) is 13.0 Å². The third kappa shape index (κ3) is 4.09. The Morgan fingerprint density at radius 1 is 1.28 bits per heavy atom. The zero-order chi connectivity index (χ0) is 17.9. The molecule has 1 atom stereocenters. The summed E-state index contributed by atoms with van der Waals surface area (Å²) in [5.41, 5.74) is -0.729. The number of H-pyrrole nitrogens is 1. The molecule has 6 nitrogen and oxygen atoms in total. The smallest absolute Gasteiger partial charge is 0.260 e. The van der Waals surface area contributed by atoms with E-state index in [0.717, 1.165) is 0 Å². The molecule has 1 aromatic heterocycles. The number of amides is 1. The number of likely N-dealkylation sites (tertiary alicyclic amines) is 1. The average molecular weight is 342 g/mol. The fourth-order valence-electron chi connectivity index (χ4n) is 3.05. The Morgan fingerprint density at radius 3 is 2.76 bits per heavy atom. The SMILES string of the molecule is Cc1ccc(C(=O)N2CCC[C@](O)(COc3ccccc3)C2)c(=O)[nH]1. The average Bonchev–Trinajstić information content (AvgIpc) is 2.61. The number of carbonyl (C=O) groups excluding carboxylic acids is 1. The summed E-state index contributed by atoms with van der Waals surface area (Å²) >= 11 is 0. The maximum Gasteiger partial charge on any atom is 0.260 e. The van der Waals surface area contributed by atoms with E-state index in [1.807, 2.05) is 30.3 Å². The minimum atomic E-state index is -1.12. The normalized spacial score (nSPS) is 20.3. The maximum absolute atomic E-state index is 12.6. The van der Waals surface area contributed by atoms with Crippen molar-refractivity contribution in [1.82, 2.24) is 9.88 Å². The summed E-state index contributed by atoms with van der Waals surface area (Å²) < 4.78 is 5.67. The van der Waals surface area contributed by atoms with Gasteiger partial charge in [-0.15, -0.1) is 0 Å². The Balaban J connectivity index is 1.69. The molecule has 2 heterocycles. The molecule has 0 aliphatic carbocycles. The Morgan fingerprint density at radius 2 is 2.04 bits per heavy atom. The highest BCUT2D eigenvalue weighted by atomic mass is 16.5. The fraction of sp³-hybridized carbons (Fsp3) is 0.368. The molecule has 3 rings (SSSR count). The molecule has 1 fully saturated rings. The quantitative estimate of drug-likeness (QED) is 0.886. The number of β-amino-alcohol motifs (C(OH)–C–C–N with tert-alkyl or cyclic N) is 1. The number of hydrogen-bond acceptors (Lipinski definition) is 4. The zero-order valence-electron chi connectivity index (χ0n) is 14.2. The second-order valence-corrected chi connectivity index (χ2v) is 6.54. The number of aromatic amines is 1. The van der Waals surface area contributed by atoms with Gasteiger partial charge in [0.1, 0.15) is 23.5 Å². The van der Waals surface area contributed by atoms with Crippen molar-refractivity contribution in [2.45, 2.75) is 25.4 Å². The van der Waals surface area contributed by atoms with Gasteiger partial charge in [-0.3, -0.25) is 9.59 Å². The van der Waals surface area contributed by atoms with Crippen molar-refractivity contribution in [2.75, 3.05) is 19.7 Å². The summed E-state index contributed by atoms with van der Waals surface area (Å²) in [6.45, 7) is 2.52. The van der Waals surface area contributed by atoms with Crippen molar-refractivity contribution in [3.05, 3.63) is 64.1 Å². The second-order valence-electron chi connectivity index (χ2n) is 6.54. The van der Waals surface area contributed by atoms with E-state index in [-0.39, 0.29) is 24.6 Å². The van der Waals surface area contributed by atoms with Gasteiger partial charge in [0.15, 0.2) is 0 Å². The number of nitrogens with one attached hydrogen (secondary N) is 1. The van der Waals surface area contributed by atoms with E-state index in [2.05, 4.69) is 4.98 Å². The van der Waals surface area contributed by atoms with E-state index in [4.69, 9.17) is 4.74 Å². The van der Waals surface area contributed by atoms with Crippen LogP contribution in [0.1, 0.15) is 28.9 Å². The largest absolute Gasteiger partial charge is 0.491 e. The molecule has 1 saturated heterocycles. The topological polar surface area (TPSA) is 82.6 Å². The number of pyridine rings is 1. The van der Waals surface area contributed by atoms with Crippen LogP contribution in [0.15, 0.2) is 47.3 Å². The van der Waals surface area contributed by atoms with Crippen LogP contribution in [0.25, 0.3) is 0 Å². The second kappa shape index (κ2) is 7.11. The minimum Gasteiger partial charge on any atom is -0.491 e. The number of benzene rings is 1. The molecule has 1 aromatic carbocycles. The van der Waals surface area contributed by atoms with E-state index >= 15 is 0 Å². The van der Waals surface area contributed by atoms with E-state index in [0.29, 0.717) is 30.8 Å². The Kier molecular flexibility index (Phi) is 4.90. The highest BCUT2D eigenvalue weighted by Gasteiger charge is 2.36. The van der Waals surface area contributed by atoms with Crippen LogP contribution in [0.2, 0.25) is 0 Å². The number of nitrogens with zero attached hydrogens (tertiary/aromatic N) is 1. The van der Waals surface area contributed by atoms with Gasteiger partial charge in [0.05, 0.1) is 6.54 Å². The molecule has 0 bridgehead atoms. The molecule has 0 unspecified atom stereocenters. The van der Waals surface area contributed by atoms with Gasteiger partial charge in [-0.25, -0.2) is 0 Å². The number of hydrogen-bond donors (Lipinski definition) is 2. The fourth-order valence-corrected chi connectivity index (χ4v) is 3.05. The van der Waals surface area contributed by atoms with Crippen LogP contribution in [0.5, 0.6) is 5.75 Å². The third-order valence-corrected chi connectivity index (χ3v) is 4.38. The number of aliphatic hydroxyl groups is 1. The summed E-state index contributed by atoms with van der Waals surface area (Å²) in [6.07, 6.45) is 1.21. The molecular formula is C19H22N2O4. The first-order valence-corrected chi connectivity index (χ1v) is 8.36. The molecule has 1 amide bonds. The van der Waals surface area contributed by atoms with Crippen LogP contribution >= 0.6 is 0 Å². The molecule has 0 saturated carbocycles. The van der Waals surface area contributed by atoms with Crippen molar-refractivity contribution >= 4 is 5.91 Å². The van der Waals surface area contributed by atoms with Gasteiger partial charge >= 0.3 is 0 Å². The van der Waals surface area contributed by atoms with Crippen molar-refractivity contribution < 1.29 is 14.6 Å². The number of aryl methyl sites for hydroxylation is 1. The first-order chi connectivity index (χ1) is 12.0. The lowest BCUT2D eigenvalue weighted by molar-refractivity contribution is -0.0532. The predicted molar refractivity (Wildman–Crippen MR) is 93.8 cm³/mol. The highest BCUT2D eigenvalue weighted by Crippen LogP contribution is 2.23. The van der Waals surface area contributed by atoms with Crippen LogP contribution < -0.4 is 10.3 Å². The molecule has 132 valence electrons. The molecule has 6 heteroatoms. The maximum atomic E-state index is 12.6. The zero-order valence-corrected chi connectivity index (χ0v) is 14.2. The number of piperidine rings is 1. The Hall–Kier alpha value is -2.60. The first kappa shape index (κ1) is 17.2. The van der Waals surface area contributed by atoms with Crippen molar-refractivity contribution in [3.8, 4) is 5.75 Å². The summed E-state index contributed by atoms with van der Waals surface area (Å²) in [7, 11) is 0. The van der Waals surface area contributed by atoms with Gasteiger partial charge < -0.3 is 19.7 Å². The van der Waals surface area contributed by atoms with Crippen LogP contribution in [0.4, 0.5) is 0 Å². The van der Waals surface area contributed by atoms with Crippen molar-refractivity contribution in [3.63, 3.8) is 0 Å². The monoisotopic (exact) mass is 342 g/mol. The molecule has 0 radical (unpaired) electrons. The van der Waals surface area contributed by atoms with Crippen LogP contribution in [-0.2, 0) is 0 Å². The lowest BCUT2D eigenvalue weighted by Crippen LogP contribution is -2.53. The lowest BCUT2D eigenvalue weighted by Gasteiger charge is -2.38. The number of ether oxygens (including phenoxy) is 1. The third-order valence-electron chi connectivity index (χ3n) is 4.38. The minimum absolute atomic E-state index is 0.0961. The highest BCUT2D eigenvalue weighted by molar-refractivity contribution is 5.94. The summed E-state index contributed by atoms with van der Waals surface area (Å²) in [5, 5.41) is 10.8. The molecule has 2 N–H and O–H groups in total. The summed E-state index contributed by atoms with van der Waals surface area (Å²) in [6, 6.07) is 12.5. The molecular weight excluding hydrogens is 320 g/mol. The van der Waals surface area contributed by atoms with Crippen molar-refractivity contribution in [1.29, 1.82) is 0 Å². The summed E-state index contributed by atoms with van der Waals surface area (Å²) in [5.74, 6) is 0.313. The van der Waals surface area contributed by atoms with E-state index < -0.39 is 11.2 Å². The first-order valence-electron chi connectivity index (χ1n) is 8.36. The van der Waals surface area contributed by atoms with Crippen LogP contribution in [0, 0.1) is 6.92 Å². The Labute approximate surface area is 146 Å². The molecule has 1 aliphatic heterocycles. The number of para-hydroxylation sites is 1. The van der Waals surface area contributed by atoms with E-state index in [9.17, 15) is 14.7 Å². The van der Waals surface area contributed by atoms with Crippen LogP contribution in [-0.4, -0.2) is 46.2 Å². The van der Waals surface area contributed by atoms with Crippen molar-refractivity contribution in [2.24, 2.45) is 0 Å². The standard InChI is InChI=1S/C19H22N2O4/c1-14-8-9-16(17(22)20-14)18(23)21-11-5-10-19(24,12-21)13-25-15-6-3-2-4-7-15/h2-4,6-9,24H,5,10-13H2,1H3,(H,20,22)/t19-/m1/s1. The molecule has 0 spiro atoms.